The van der Waals surface area contributed by atoms with E-state index in [9.17, 15) is 4.79 Å². The van der Waals surface area contributed by atoms with Crippen molar-refractivity contribution in [2.24, 2.45) is 0 Å². The molecular weight excluding hydrogens is 352 g/mol. The molecule has 1 amide bonds. The third-order valence-corrected chi connectivity index (χ3v) is 4.50. The number of fused-ring (bicyclic) bond motifs is 1. The fraction of sp³-hybridized carbons (Fsp3) is 0.227. The summed E-state index contributed by atoms with van der Waals surface area (Å²) in [6, 6.07) is 17.2. The summed E-state index contributed by atoms with van der Waals surface area (Å²) in [5, 5.41) is 2.90. The molecule has 4 rings (SSSR count). The first-order chi connectivity index (χ1) is 13.6. The van der Waals surface area contributed by atoms with Crippen LogP contribution >= 0.6 is 0 Å². The monoisotopic (exact) mass is 374 g/mol. The second kappa shape index (κ2) is 7.68. The van der Waals surface area contributed by atoms with Gasteiger partial charge in [-0.25, -0.2) is 9.97 Å². The maximum absolute atomic E-state index is 12.8. The van der Waals surface area contributed by atoms with Gasteiger partial charge in [0.1, 0.15) is 11.4 Å². The predicted octanol–water partition coefficient (Wildman–Crippen LogP) is 4.21. The molecule has 6 heteroatoms. The van der Waals surface area contributed by atoms with Crippen LogP contribution in [0.25, 0.3) is 0 Å². The molecule has 0 unspecified atom stereocenters. The summed E-state index contributed by atoms with van der Waals surface area (Å²) in [5.41, 5.74) is 3.29. The zero-order valence-corrected chi connectivity index (χ0v) is 15.9. The number of carbonyl (C=O) groups excluding carboxylic acids is 1. The van der Waals surface area contributed by atoms with Crippen LogP contribution in [0.3, 0.4) is 0 Å². The molecule has 0 saturated carbocycles. The van der Waals surface area contributed by atoms with E-state index in [-0.39, 0.29) is 12.0 Å². The van der Waals surface area contributed by atoms with Crippen LogP contribution in [0.2, 0.25) is 0 Å². The normalized spacial score (nSPS) is 12.8. The molecule has 2 heterocycles. The van der Waals surface area contributed by atoms with Gasteiger partial charge in [0.2, 0.25) is 5.95 Å². The van der Waals surface area contributed by atoms with Gasteiger partial charge in [0, 0.05) is 18.4 Å². The van der Waals surface area contributed by atoms with Crippen LogP contribution in [0.1, 0.15) is 29.9 Å². The van der Waals surface area contributed by atoms with E-state index in [0.717, 1.165) is 18.7 Å². The van der Waals surface area contributed by atoms with Gasteiger partial charge in [-0.2, -0.15) is 0 Å². The third kappa shape index (κ3) is 3.67. The molecule has 6 nitrogen and oxygen atoms in total. The lowest BCUT2D eigenvalue weighted by Crippen LogP contribution is -2.20. The second-order valence-electron chi connectivity index (χ2n) is 6.89. The lowest BCUT2D eigenvalue weighted by molar-refractivity contribution is 0.102. The topological polar surface area (TPSA) is 67.3 Å². The summed E-state index contributed by atoms with van der Waals surface area (Å²) in [4.78, 5) is 23.7. The summed E-state index contributed by atoms with van der Waals surface area (Å²) in [6.45, 7) is 4.70. The van der Waals surface area contributed by atoms with Crippen molar-refractivity contribution < 1.29 is 9.53 Å². The van der Waals surface area contributed by atoms with E-state index in [1.807, 2.05) is 55.1 Å². The number of ether oxygens (including phenoxy) is 1. The summed E-state index contributed by atoms with van der Waals surface area (Å²) >= 11 is 0. The summed E-state index contributed by atoms with van der Waals surface area (Å²) in [6.07, 6.45) is 2.57. The minimum atomic E-state index is -0.295. The molecule has 0 bridgehead atoms. The van der Waals surface area contributed by atoms with Gasteiger partial charge in [0.05, 0.1) is 11.8 Å². The van der Waals surface area contributed by atoms with Crippen LogP contribution in [-0.4, -0.2) is 28.5 Å². The first kappa shape index (κ1) is 18.0. The highest BCUT2D eigenvalue weighted by atomic mass is 16.5. The number of hydrogen-bond donors (Lipinski definition) is 1. The highest BCUT2D eigenvalue weighted by Crippen LogP contribution is 2.32. The lowest BCUT2D eigenvalue weighted by atomic mass is 10.2. The van der Waals surface area contributed by atoms with E-state index < -0.39 is 0 Å². The van der Waals surface area contributed by atoms with Crippen molar-refractivity contribution in [1.82, 2.24) is 9.97 Å². The molecule has 0 aliphatic carbocycles. The van der Waals surface area contributed by atoms with E-state index in [0.29, 0.717) is 23.1 Å². The fourth-order valence-corrected chi connectivity index (χ4v) is 3.26. The molecule has 0 saturated heterocycles. The molecule has 142 valence electrons. The molecule has 0 spiro atoms. The van der Waals surface area contributed by atoms with E-state index in [4.69, 9.17) is 4.74 Å². The second-order valence-corrected chi connectivity index (χ2v) is 6.89. The van der Waals surface area contributed by atoms with Crippen LogP contribution in [-0.2, 0) is 6.42 Å². The number of benzene rings is 2. The molecule has 0 fully saturated rings. The summed E-state index contributed by atoms with van der Waals surface area (Å²) in [5.74, 6) is 0.869. The van der Waals surface area contributed by atoms with Crippen molar-refractivity contribution >= 4 is 23.2 Å². The maximum atomic E-state index is 12.8. The van der Waals surface area contributed by atoms with Crippen LogP contribution < -0.4 is 15.0 Å². The van der Waals surface area contributed by atoms with Gasteiger partial charge >= 0.3 is 0 Å². The number of para-hydroxylation sites is 3. The van der Waals surface area contributed by atoms with Crippen molar-refractivity contribution in [1.29, 1.82) is 0 Å². The Morgan fingerprint density at radius 3 is 2.75 bits per heavy atom. The first-order valence-corrected chi connectivity index (χ1v) is 9.37. The van der Waals surface area contributed by atoms with Gasteiger partial charge in [0.25, 0.3) is 5.91 Å². The molecule has 2 aromatic carbocycles. The number of rotatable bonds is 5. The van der Waals surface area contributed by atoms with Crippen molar-refractivity contribution in [2.45, 2.75) is 26.4 Å². The van der Waals surface area contributed by atoms with Crippen molar-refractivity contribution in [2.75, 3.05) is 16.8 Å². The Bertz CT molecular complexity index is 1000. The summed E-state index contributed by atoms with van der Waals surface area (Å²) in [7, 11) is 0. The lowest BCUT2D eigenvalue weighted by Gasteiger charge is -2.18. The molecule has 1 N–H and O–H groups in total. The number of aromatic nitrogens is 2. The van der Waals surface area contributed by atoms with Gasteiger partial charge in [-0.3, -0.25) is 4.79 Å². The number of anilines is 3. The van der Waals surface area contributed by atoms with Crippen LogP contribution in [0.15, 0.2) is 60.8 Å². The van der Waals surface area contributed by atoms with Crippen molar-refractivity contribution in [3.8, 4) is 5.75 Å². The standard InChI is InChI=1S/C22H22N4O2/c1-15(2)28-20-10-6-4-8-17(20)24-21(27)18-11-13-23-22(25-18)26-14-12-16-7-3-5-9-19(16)26/h3-11,13,15H,12,14H2,1-2H3,(H,24,27). The maximum Gasteiger partial charge on any atom is 0.274 e. The van der Waals surface area contributed by atoms with E-state index >= 15 is 0 Å². The minimum absolute atomic E-state index is 0.0129. The highest BCUT2D eigenvalue weighted by Gasteiger charge is 2.23. The van der Waals surface area contributed by atoms with Crippen LogP contribution in [0.5, 0.6) is 5.75 Å². The molecule has 3 aromatic rings. The molecule has 0 radical (unpaired) electrons. The number of carbonyl (C=O) groups is 1. The molecule has 1 aliphatic rings. The quantitative estimate of drug-likeness (QED) is 0.725. The van der Waals surface area contributed by atoms with Gasteiger partial charge < -0.3 is 15.0 Å². The zero-order chi connectivity index (χ0) is 19.5. The largest absolute Gasteiger partial charge is 0.489 e. The molecule has 1 aromatic heterocycles. The predicted molar refractivity (Wildman–Crippen MR) is 109 cm³/mol. The summed E-state index contributed by atoms with van der Waals surface area (Å²) < 4.78 is 5.77. The average molecular weight is 374 g/mol. The SMILES string of the molecule is CC(C)Oc1ccccc1NC(=O)c1ccnc(N2CCc3ccccc32)n1. The Kier molecular flexibility index (Phi) is 4.93. The molecule has 0 atom stereocenters. The molecule has 1 aliphatic heterocycles. The fourth-order valence-electron chi connectivity index (χ4n) is 3.26. The van der Waals surface area contributed by atoms with Gasteiger partial charge in [-0.05, 0) is 50.1 Å². The minimum Gasteiger partial charge on any atom is -0.489 e. The Hall–Kier alpha value is -3.41. The number of nitrogens with zero attached hydrogens (tertiary/aromatic N) is 3. The van der Waals surface area contributed by atoms with E-state index in [1.54, 1.807) is 12.3 Å². The Balaban J connectivity index is 1.57. The van der Waals surface area contributed by atoms with Gasteiger partial charge in [0.15, 0.2) is 0 Å². The van der Waals surface area contributed by atoms with E-state index in [1.165, 1.54) is 5.56 Å². The Labute approximate surface area is 164 Å². The Morgan fingerprint density at radius 2 is 1.89 bits per heavy atom. The van der Waals surface area contributed by atoms with Gasteiger partial charge in [-0.1, -0.05) is 30.3 Å². The van der Waals surface area contributed by atoms with E-state index in [2.05, 4.69) is 27.4 Å². The highest BCUT2D eigenvalue weighted by molar-refractivity contribution is 6.03. The third-order valence-electron chi connectivity index (χ3n) is 4.50. The average Bonchev–Trinajstić information content (AvgIpc) is 3.13. The number of hydrogen-bond acceptors (Lipinski definition) is 5. The molecule has 28 heavy (non-hydrogen) atoms. The molecular formula is C22H22N4O2. The van der Waals surface area contributed by atoms with Crippen LogP contribution in [0, 0.1) is 0 Å². The number of amides is 1. The van der Waals surface area contributed by atoms with Crippen LogP contribution in [0.4, 0.5) is 17.3 Å². The zero-order valence-electron chi connectivity index (χ0n) is 15.9. The van der Waals surface area contributed by atoms with Crippen molar-refractivity contribution in [3.05, 3.63) is 72.1 Å². The first-order valence-electron chi connectivity index (χ1n) is 9.37. The Morgan fingerprint density at radius 1 is 1.11 bits per heavy atom. The van der Waals surface area contributed by atoms with Crippen molar-refractivity contribution in [3.63, 3.8) is 0 Å². The number of nitrogens with one attached hydrogen (secondary N) is 1. The smallest absolute Gasteiger partial charge is 0.274 e. The van der Waals surface area contributed by atoms with Gasteiger partial charge in [-0.15, -0.1) is 0 Å².